The molecule has 1 aliphatic rings. The van der Waals surface area contributed by atoms with E-state index < -0.39 is 10.0 Å². The maximum Gasteiger partial charge on any atom is 0.252 e. The summed E-state index contributed by atoms with van der Waals surface area (Å²) in [7, 11) is -3.62. The highest BCUT2D eigenvalue weighted by atomic mass is 79.9. The number of benzene rings is 2. The number of sulfonamides is 1. The minimum absolute atomic E-state index is 0.00849. The fraction of sp³-hybridized carbons (Fsp3) is 0.300. The van der Waals surface area contributed by atoms with Gasteiger partial charge in [0.2, 0.25) is 10.0 Å². The first-order valence-corrected chi connectivity index (χ1v) is 11.6. The number of amides is 1. The second kappa shape index (κ2) is 7.89. The normalized spacial score (nSPS) is 14.3. The third-order valence-corrected chi connectivity index (χ3v) is 7.07. The van der Waals surface area contributed by atoms with Crippen LogP contribution in [0.3, 0.4) is 0 Å². The van der Waals surface area contributed by atoms with Crippen molar-refractivity contribution >= 4 is 42.9 Å². The number of nitrogens with zero attached hydrogens (tertiary/aromatic N) is 2. The van der Waals surface area contributed by atoms with E-state index in [-0.39, 0.29) is 22.4 Å². The minimum Gasteiger partial charge on any atom is -0.350 e. The number of rotatable bonds is 7. The fourth-order valence-corrected chi connectivity index (χ4v) is 4.95. The van der Waals surface area contributed by atoms with E-state index in [2.05, 4.69) is 31.0 Å². The molecule has 7 nitrogen and oxygen atoms in total. The molecule has 0 bridgehead atoms. The Kier molecular flexibility index (Phi) is 5.46. The van der Waals surface area contributed by atoms with Crippen LogP contribution in [0.25, 0.3) is 11.0 Å². The van der Waals surface area contributed by atoms with Gasteiger partial charge in [0.05, 0.1) is 21.5 Å². The number of hydrogen-bond acceptors (Lipinski definition) is 4. The van der Waals surface area contributed by atoms with Gasteiger partial charge in [0.25, 0.3) is 5.91 Å². The first-order chi connectivity index (χ1) is 13.8. The van der Waals surface area contributed by atoms with E-state index in [4.69, 9.17) is 0 Å². The number of para-hydroxylation sites is 2. The molecule has 4 rings (SSSR count). The number of halogens is 1. The van der Waals surface area contributed by atoms with Gasteiger partial charge in [0.15, 0.2) is 0 Å². The summed E-state index contributed by atoms with van der Waals surface area (Å²) >= 11 is 3.34. The van der Waals surface area contributed by atoms with Gasteiger partial charge in [0, 0.05) is 23.6 Å². The Morgan fingerprint density at radius 3 is 2.76 bits per heavy atom. The Morgan fingerprint density at radius 1 is 1.24 bits per heavy atom. The molecular weight excluding hydrogens is 456 g/mol. The zero-order valence-electron chi connectivity index (χ0n) is 15.9. The summed E-state index contributed by atoms with van der Waals surface area (Å²) in [5, 5.41) is 2.87. The van der Waals surface area contributed by atoms with Crippen molar-refractivity contribution in [1.82, 2.24) is 19.6 Å². The summed E-state index contributed by atoms with van der Waals surface area (Å²) < 4.78 is 30.1. The first kappa shape index (κ1) is 20.1. The predicted octanol–water partition coefficient (Wildman–Crippen LogP) is 2.98. The lowest BCUT2D eigenvalue weighted by Gasteiger charge is -2.11. The molecule has 1 fully saturated rings. The van der Waals surface area contributed by atoms with Crippen molar-refractivity contribution in [3.63, 3.8) is 0 Å². The number of aryl methyl sites for hydroxylation is 1. The van der Waals surface area contributed by atoms with Gasteiger partial charge >= 0.3 is 0 Å². The van der Waals surface area contributed by atoms with Crippen molar-refractivity contribution < 1.29 is 13.2 Å². The zero-order valence-corrected chi connectivity index (χ0v) is 18.3. The lowest BCUT2D eigenvalue weighted by molar-refractivity contribution is 0.0951. The van der Waals surface area contributed by atoms with E-state index in [1.54, 1.807) is 6.07 Å². The summed E-state index contributed by atoms with van der Waals surface area (Å²) in [6.07, 6.45) is 1.71. The van der Waals surface area contributed by atoms with Crippen molar-refractivity contribution in [1.29, 1.82) is 0 Å². The second-order valence-electron chi connectivity index (χ2n) is 7.09. The first-order valence-electron chi connectivity index (χ1n) is 9.37. The standard InChI is InChI=1S/C20H21BrN4O3S/c1-13-23-18-4-2-3-5-19(18)25(13)11-10-22-20(26)16-12-15(8-9-17(16)21)29(27,28)24-14-6-7-14/h2-5,8-9,12,14,24H,6-7,10-11H2,1H3,(H,22,26). The van der Waals surface area contributed by atoms with Gasteiger partial charge in [-0.1, -0.05) is 12.1 Å². The minimum atomic E-state index is -3.62. The molecule has 0 saturated heterocycles. The summed E-state index contributed by atoms with van der Waals surface area (Å²) in [5.41, 5.74) is 2.22. The van der Waals surface area contributed by atoms with E-state index in [9.17, 15) is 13.2 Å². The number of aromatic nitrogens is 2. The van der Waals surface area contributed by atoms with Gasteiger partial charge in [-0.25, -0.2) is 18.1 Å². The molecule has 0 atom stereocenters. The summed E-state index contributed by atoms with van der Waals surface area (Å²) in [6, 6.07) is 12.3. The van der Waals surface area contributed by atoms with Crippen LogP contribution in [0.2, 0.25) is 0 Å². The number of hydrogen-bond donors (Lipinski definition) is 2. The zero-order chi connectivity index (χ0) is 20.6. The van der Waals surface area contributed by atoms with Crippen LogP contribution >= 0.6 is 15.9 Å². The van der Waals surface area contributed by atoms with Gasteiger partial charge in [-0.2, -0.15) is 0 Å². The molecule has 0 spiro atoms. The number of carbonyl (C=O) groups is 1. The molecule has 29 heavy (non-hydrogen) atoms. The third kappa shape index (κ3) is 4.36. The highest BCUT2D eigenvalue weighted by molar-refractivity contribution is 9.10. The molecule has 1 saturated carbocycles. The molecule has 3 aromatic rings. The van der Waals surface area contributed by atoms with Crippen molar-refractivity contribution in [2.45, 2.75) is 37.2 Å². The Morgan fingerprint density at radius 2 is 2.00 bits per heavy atom. The van der Waals surface area contributed by atoms with Crippen LogP contribution in [0.5, 0.6) is 0 Å². The highest BCUT2D eigenvalue weighted by Gasteiger charge is 2.28. The maximum absolute atomic E-state index is 12.7. The highest BCUT2D eigenvalue weighted by Crippen LogP contribution is 2.25. The third-order valence-electron chi connectivity index (χ3n) is 4.86. The van der Waals surface area contributed by atoms with Crippen LogP contribution in [0.4, 0.5) is 0 Å². The van der Waals surface area contributed by atoms with Crippen LogP contribution in [-0.2, 0) is 16.6 Å². The van der Waals surface area contributed by atoms with Crippen LogP contribution in [0.15, 0.2) is 51.8 Å². The Labute approximate surface area is 177 Å². The number of fused-ring (bicyclic) bond motifs is 1. The average molecular weight is 477 g/mol. The van der Waals surface area contributed by atoms with E-state index in [1.807, 2.05) is 35.8 Å². The molecule has 1 aliphatic carbocycles. The van der Waals surface area contributed by atoms with Gasteiger partial charge in [0.1, 0.15) is 5.82 Å². The number of imidazole rings is 1. The summed E-state index contributed by atoms with van der Waals surface area (Å²) in [4.78, 5) is 17.3. The van der Waals surface area contributed by atoms with Gasteiger partial charge in [-0.3, -0.25) is 4.79 Å². The van der Waals surface area contributed by atoms with Gasteiger partial charge < -0.3 is 9.88 Å². The predicted molar refractivity (Wildman–Crippen MR) is 114 cm³/mol. The lowest BCUT2D eigenvalue weighted by atomic mass is 10.2. The molecule has 0 unspecified atom stereocenters. The molecule has 2 aromatic carbocycles. The quantitative estimate of drug-likeness (QED) is 0.547. The Hall–Kier alpha value is -2.23. The van der Waals surface area contributed by atoms with E-state index in [0.717, 1.165) is 29.7 Å². The summed E-state index contributed by atoms with van der Waals surface area (Å²) in [6.45, 7) is 2.89. The second-order valence-corrected chi connectivity index (χ2v) is 9.66. The molecule has 1 heterocycles. The van der Waals surface area contributed by atoms with Crippen LogP contribution in [0, 0.1) is 6.92 Å². The summed E-state index contributed by atoms with van der Waals surface area (Å²) in [5.74, 6) is 0.545. The molecule has 0 radical (unpaired) electrons. The fourth-order valence-electron chi connectivity index (χ4n) is 3.19. The monoisotopic (exact) mass is 476 g/mol. The molecule has 9 heteroatoms. The van der Waals surface area contributed by atoms with Crippen LogP contribution in [-0.4, -0.2) is 36.5 Å². The SMILES string of the molecule is Cc1nc2ccccc2n1CCNC(=O)c1cc(S(=O)(=O)NC2CC2)ccc1Br. The van der Waals surface area contributed by atoms with E-state index in [0.29, 0.717) is 17.6 Å². The number of carbonyl (C=O) groups excluding carboxylic acids is 1. The van der Waals surface area contributed by atoms with E-state index in [1.165, 1.54) is 12.1 Å². The molecule has 0 aliphatic heterocycles. The van der Waals surface area contributed by atoms with Crippen molar-refractivity contribution in [2.75, 3.05) is 6.54 Å². The maximum atomic E-state index is 12.7. The van der Waals surface area contributed by atoms with E-state index >= 15 is 0 Å². The van der Waals surface area contributed by atoms with Crippen LogP contribution < -0.4 is 10.0 Å². The van der Waals surface area contributed by atoms with Gasteiger partial charge in [-0.05, 0) is 66.0 Å². The van der Waals surface area contributed by atoms with Crippen molar-refractivity contribution in [3.05, 3.63) is 58.3 Å². The topological polar surface area (TPSA) is 93.1 Å². The molecular formula is C20H21BrN4O3S. The largest absolute Gasteiger partial charge is 0.350 e. The molecule has 1 aromatic heterocycles. The lowest BCUT2D eigenvalue weighted by Crippen LogP contribution is -2.29. The molecule has 152 valence electrons. The number of nitrogens with one attached hydrogen (secondary N) is 2. The average Bonchev–Trinajstić information content (AvgIpc) is 3.43. The van der Waals surface area contributed by atoms with Crippen molar-refractivity contribution in [2.24, 2.45) is 0 Å². The molecule has 2 N–H and O–H groups in total. The van der Waals surface area contributed by atoms with Crippen LogP contribution in [0.1, 0.15) is 29.0 Å². The smallest absolute Gasteiger partial charge is 0.252 e. The Balaban J connectivity index is 1.47. The van der Waals surface area contributed by atoms with Gasteiger partial charge in [-0.15, -0.1) is 0 Å². The molecule has 1 amide bonds. The Bertz CT molecular complexity index is 1190. The van der Waals surface area contributed by atoms with Crippen molar-refractivity contribution in [3.8, 4) is 0 Å².